The van der Waals surface area contributed by atoms with Gasteiger partial charge >= 0.3 is 5.69 Å². The van der Waals surface area contributed by atoms with Gasteiger partial charge in [0.2, 0.25) is 0 Å². The van der Waals surface area contributed by atoms with Crippen molar-refractivity contribution >= 4 is 12.2 Å². The van der Waals surface area contributed by atoms with Gasteiger partial charge in [-0.2, -0.15) is 5.26 Å². The van der Waals surface area contributed by atoms with E-state index in [0.717, 1.165) is 4.57 Å². The van der Waals surface area contributed by atoms with Crippen LogP contribution in [0.5, 0.6) is 0 Å². The van der Waals surface area contributed by atoms with Gasteiger partial charge in [-0.15, -0.1) is 0 Å². The molecule has 0 radical (unpaired) electrons. The molecule has 7 heteroatoms. The van der Waals surface area contributed by atoms with E-state index in [4.69, 9.17) is 5.26 Å². The first-order valence-corrected chi connectivity index (χ1v) is 4.81. The summed E-state index contributed by atoms with van der Waals surface area (Å²) in [4.78, 5) is 28.9. The molecule has 1 heterocycles. The molecule has 0 atom stereocenters. The Kier molecular flexibility index (Phi) is 3.48. The Labute approximate surface area is 97.9 Å². The zero-order valence-corrected chi connectivity index (χ0v) is 10.1. The maximum atomic E-state index is 11.7. The monoisotopic (exact) mass is 235 g/mol. The van der Waals surface area contributed by atoms with Gasteiger partial charge in [0, 0.05) is 28.2 Å². The van der Waals surface area contributed by atoms with E-state index < -0.39 is 11.2 Å². The number of hydrogen-bond acceptors (Lipinski definition) is 4. The molecule has 0 N–H and O–H groups in total. The molecule has 0 bridgehead atoms. The highest BCUT2D eigenvalue weighted by Crippen LogP contribution is 2.10. The third-order valence-electron chi connectivity index (χ3n) is 2.16. The highest BCUT2D eigenvalue weighted by atomic mass is 16.2. The number of nitriles is 1. The van der Waals surface area contributed by atoms with Crippen LogP contribution < -0.4 is 11.2 Å². The fourth-order valence-corrected chi connectivity index (χ4v) is 1.25. The lowest BCUT2D eigenvalue weighted by atomic mass is 10.3. The van der Waals surface area contributed by atoms with Crippen molar-refractivity contribution in [1.29, 1.82) is 5.26 Å². The van der Waals surface area contributed by atoms with Gasteiger partial charge < -0.3 is 4.90 Å². The third-order valence-corrected chi connectivity index (χ3v) is 2.16. The Bertz CT molecular complexity index is 615. The number of aliphatic imine (C=N–C) groups is 1. The Morgan fingerprint density at radius 3 is 2.35 bits per heavy atom. The fourth-order valence-electron chi connectivity index (χ4n) is 1.25. The van der Waals surface area contributed by atoms with E-state index in [1.165, 1.54) is 25.0 Å². The molecule has 0 saturated carbocycles. The maximum Gasteiger partial charge on any atom is 0.332 e. The van der Waals surface area contributed by atoms with Crippen molar-refractivity contribution in [3.8, 4) is 6.07 Å². The van der Waals surface area contributed by atoms with Crippen LogP contribution in [0.25, 0.3) is 0 Å². The summed E-state index contributed by atoms with van der Waals surface area (Å²) >= 11 is 0. The van der Waals surface area contributed by atoms with Crippen LogP contribution in [0.4, 0.5) is 5.82 Å². The zero-order chi connectivity index (χ0) is 13.2. The average molecular weight is 235 g/mol. The molecule has 0 aliphatic heterocycles. The molecule has 0 fully saturated rings. The molecule has 17 heavy (non-hydrogen) atoms. The molecule has 0 aliphatic carbocycles. The van der Waals surface area contributed by atoms with Crippen molar-refractivity contribution in [1.82, 2.24) is 14.0 Å². The van der Waals surface area contributed by atoms with E-state index in [1.54, 1.807) is 25.1 Å². The Balaban J connectivity index is 3.67. The van der Waals surface area contributed by atoms with E-state index in [-0.39, 0.29) is 11.4 Å². The fraction of sp³-hybridized carbons (Fsp3) is 0.400. The summed E-state index contributed by atoms with van der Waals surface area (Å²) in [7, 11) is 6.28. The van der Waals surface area contributed by atoms with Crippen LogP contribution in [0.3, 0.4) is 0 Å². The van der Waals surface area contributed by atoms with E-state index in [0.29, 0.717) is 0 Å². The summed E-state index contributed by atoms with van der Waals surface area (Å²) in [5.74, 6) is 0.0642. The molecule has 0 aromatic carbocycles. The predicted octanol–water partition coefficient (Wildman–Crippen LogP) is -0.823. The highest BCUT2D eigenvalue weighted by molar-refractivity contribution is 5.62. The second-order valence-electron chi connectivity index (χ2n) is 3.72. The van der Waals surface area contributed by atoms with Gasteiger partial charge in [-0.1, -0.05) is 0 Å². The summed E-state index contributed by atoms with van der Waals surface area (Å²) < 4.78 is 2.05. The summed E-state index contributed by atoms with van der Waals surface area (Å²) in [5.41, 5.74) is -1.30. The minimum absolute atomic E-state index is 0.0642. The molecule has 1 aromatic heterocycles. The minimum Gasteiger partial charge on any atom is -0.369 e. The second kappa shape index (κ2) is 4.65. The summed E-state index contributed by atoms with van der Waals surface area (Å²) in [6, 6.07) is 1.77. The van der Waals surface area contributed by atoms with Gasteiger partial charge in [0.05, 0.1) is 6.34 Å². The smallest absolute Gasteiger partial charge is 0.332 e. The zero-order valence-electron chi connectivity index (χ0n) is 10.1. The van der Waals surface area contributed by atoms with Gasteiger partial charge in [-0.25, -0.2) is 9.79 Å². The van der Waals surface area contributed by atoms with Crippen LogP contribution in [0.1, 0.15) is 5.56 Å². The Morgan fingerprint density at radius 2 is 1.88 bits per heavy atom. The second-order valence-corrected chi connectivity index (χ2v) is 3.72. The first kappa shape index (κ1) is 12.7. The summed E-state index contributed by atoms with van der Waals surface area (Å²) in [6.45, 7) is 0. The lowest BCUT2D eigenvalue weighted by Gasteiger charge is -2.08. The van der Waals surface area contributed by atoms with Crippen LogP contribution in [0.15, 0.2) is 14.6 Å². The lowest BCUT2D eigenvalue weighted by Crippen LogP contribution is -2.38. The van der Waals surface area contributed by atoms with E-state index in [1.807, 2.05) is 0 Å². The molecule has 0 unspecified atom stereocenters. The van der Waals surface area contributed by atoms with E-state index in [2.05, 4.69) is 4.99 Å². The predicted molar refractivity (Wildman–Crippen MR) is 63.5 cm³/mol. The quantitative estimate of drug-likeness (QED) is 0.495. The normalized spacial score (nSPS) is 10.5. The highest BCUT2D eigenvalue weighted by Gasteiger charge is 2.14. The Hall–Kier alpha value is -2.36. The number of hydrogen-bond donors (Lipinski definition) is 0. The lowest BCUT2D eigenvalue weighted by molar-refractivity contribution is 0.639. The van der Waals surface area contributed by atoms with Crippen LogP contribution in [-0.4, -0.2) is 34.5 Å². The van der Waals surface area contributed by atoms with Crippen LogP contribution in [0.2, 0.25) is 0 Å². The molecule has 1 aromatic rings. The van der Waals surface area contributed by atoms with Gasteiger partial charge in [0.25, 0.3) is 5.56 Å². The first-order valence-electron chi connectivity index (χ1n) is 4.81. The molecular formula is C10H13N5O2. The molecular weight excluding hydrogens is 222 g/mol. The van der Waals surface area contributed by atoms with Crippen LogP contribution >= 0.6 is 0 Å². The van der Waals surface area contributed by atoms with Crippen LogP contribution in [0, 0.1) is 11.3 Å². The molecule has 90 valence electrons. The van der Waals surface area contributed by atoms with Crippen molar-refractivity contribution in [2.75, 3.05) is 14.1 Å². The SMILES string of the molecule is CN(C)/C=N/c1c(C#N)c(=O)n(C)c(=O)n1C. The van der Waals surface area contributed by atoms with Gasteiger partial charge in [-0.3, -0.25) is 13.9 Å². The van der Waals surface area contributed by atoms with Gasteiger partial charge in [-0.05, 0) is 0 Å². The van der Waals surface area contributed by atoms with Crippen molar-refractivity contribution in [2.45, 2.75) is 0 Å². The number of rotatable bonds is 2. The van der Waals surface area contributed by atoms with Gasteiger partial charge in [0.1, 0.15) is 6.07 Å². The first-order chi connectivity index (χ1) is 7.90. The number of aromatic nitrogens is 2. The number of nitrogens with zero attached hydrogens (tertiary/aromatic N) is 5. The Morgan fingerprint density at radius 1 is 1.29 bits per heavy atom. The molecule has 0 saturated heterocycles. The summed E-state index contributed by atoms with van der Waals surface area (Å²) in [6.07, 6.45) is 1.43. The van der Waals surface area contributed by atoms with E-state index in [9.17, 15) is 9.59 Å². The molecule has 0 amide bonds. The van der Waals surface area contributed by atoms with Crippen molar-refractivity contribution < 1.29 is 0 Å². The van der Waals surface area contributed by atoms with E-state index >= 15 is 0 Å². The molecule has 0 aliphatic rings. The van der Waals surface area contributed by atoms with Crippen LogP contribution in [-0.2, 0) is 14.1 Å². The molecule has 7 nitrogen and oxygen atoms in total. The van der Waals surface area contributed by atoms with Crippen molar-refractivity contribution in [3.63, 3.8) is 0 Å². The largest absolute Gasteiger partial charge is 0.369 e. The standard InChI is InChI=1S/C10H13N5O2/c1-13(2)6-12-8-7(5-11)9(16)15(4)10(17)14(8)3/h6H,1-4H3/b12-6+. The average Bonchev–Trinajstić information content (AvgIpc) is 2.29. The molecule has 0 spiro atoms. The van der Waals surface area contributed by atoms with Gasteiger partial charge in [0.15, 0.2) is 11.4 Å². The molecule has 1 rings (SSSR count). The minimum atomic E-state index is -0.637. The maximum absolute atomic E-state index is 11.7. The topological polar surface area (TPSA) is 83.4 Å². The third kappa shape index (κ3) is 2.25. The summed E-state index contributed by atoms with van der Waals surface area (Å²) in [5, 5.41) is 8.94. The van der Waals surface area contributed by atoms with Crippen molar-refractivity contribution in [2.24, 2.45) is 19.1 Å². The van der Waals surface area contributed by atoms with Crippen molar-refractivity contribution in [3.05, 3.63) is 26.4 Å².